The van der Waals surface area contributed by atoms with Crippen LogP contribution in [-0.4, -0.2) is 17.8 Å². The molecule has 0 saturated heterocycles. The van der Waals surface area contributed by atoms with Gasteiger partial charge in [0, 0.05) is 12.5 Å². The van der Waals surface area contributed by atoms with Crippen molar-refractivity contribution in [3.05, 3.63) is 35.9 Å². The average Bonchev–Trinajstić information content (AvgIpc) is 2.30. The van der Waals surface area contributed by atoms with Gasteiger partial charge < -0.3 is 5.32 Å². The fraction of sp³-hybridized carbons (Fsp3) is 0.462. The highest BCUT2D eigenvalue weighted by Crippen LogP contribution is 2.17. The highest BCUT2D eigenvalue weighted by atomic mass is 35.5. The Morgan fingerprint density at radius 1 is 1.38 bits per heavy atom. The van der Waals surface area contributed by atoms with Crippen molar-refractivity contribution in [1.29, 1.82) is 0 Å². The van der Waals surface area contributed by atoms with Crippen LogP contribution in [0.4, 0.5) is 0 Å². The number of alkyl halides is 1. The summed E-state index contributed by atoms with van der Waals surface area (Å²) in [5.41, 5.74) is 1.26. The molecule has 0 aromatic heterocycles. The van der Waals surface area contributed by atoms with E-state index in [1.807, 2.05) is 18.2 Å². The van der Waals surface area contributed by atoms with Gasteiger partial charge in [0.25, 0.3) is 0 Å². The monoisotopic (exact) mass is 239 g/mol. The Morgan fingerprint density at radius 3 is 2.50 bits per heavy atom. The number of amides is 1. The summed E-state index contributed by atoms with van der Waals surface area (Å²) in [5, 5.41) is 2.40. The van der Waals surface area contributed by atoms with Gasteiger partial charge in [0.05, 0.1) is 0 Å². The molecule has 2 atom stereocenters. The molecule has 0 radical (unpaired) electrons. The second-order valence-electron chi connectivity index (χ2n) is 3.88. The third-order valence-electron chi connectivity index (χ3n) is 2.65. The third-order valence-corrected chi connectivity index (χ3v) is 2.85. The molecule has 0 spiro atoms. The van der Waals surface area contributed by atoms with Crippen LogP contribution < -0.4 is 5.32 Å². The molecule has 1 amide bonds. The van der Waals surface area contributed by atoms with E-state index in [1.165, 1.54) is 5.56 Å². The Kier molecular flexibility index (Phi) is 5.33. The first-order valence-electron chi connectivity index (χ1n) is 5.61. The predicted molar refractivity (Wildman–Crippen MR) is 67.8 cm³/mol. The van der Waals surface area contributed by atoms with Gasteiger partial charge in [-0.3, -0.25) is 4.79 Å². The van der Waals surface area contributed by atoms with Crippen molar-refractivity contribution < 1.29 is 4.79 Å². The van der Waals surface area contributed by atoms with Crippen molar-refractivity contribution in [2.24, 2.45) is 0 Å². The zero-order chi connectivity index (χ0) is 12.0. The molecule has 0 bridgehead atoms. The van der Waals surface area contributed by atoms with Crippen molar-refractivity contribution in [3.63, 3.8) is 0 Å². The second kappa shape index (κ2) is 6.54. The molecule has 88 valence electrons. The fourth-order valence-corrected chi connectivity index (χ4v) is 1.66. The van der Waals surface area contributed by atoms with Crippen molar-refractivity contribution in [1.82, 2.24) is 5.32 Å². The van der Waals surface area contributed by atoms with Crippen molar-refractivity contribution in [2.45, 2.75) is 31.6 Å². The van der Waals surface area contributed by atoms with E-state index < -0.39 is 5.38 Å². The smallest absolute Gasteiger partial charge is 0.237 e. The molecule has 1 N–H and O–H groups in total. The number of rotatable bonds is 5. The van der Waals surface area contributed by atoms with Crippen molar-refractivity contribution in [3.8, 4) is 0 Å². The number of nitrogens with one attached hydrogen (secondary N) is 1. The first-order valence-corrected chi connectivity index (χ1v) is 6.05. The minimum atomic E-state index is -0.465. The summed E-state index contributed by atoms with van der Waals surface area (Å²) in [5.74, 6) is 0.261. The summed E-state index contributed by atoms with van der Waals surface area (Å²) in [6.45, 7) is 4.45. The largest absolute Gasteiger partial charge is 0.354 e. The van der Waals surface area contributed by atoms with E-state index in [4.69, 9.17) is 11.6 Å². The van der Waals surface area contributed by atoms with Gasteiger partial charge in [-0.15, -0.1) is 11.6 Å². The molecule has 3 heteroatoms. The number of halogens is 1. The van der Waals surface area contributed by atoms with E-state index in [1.54, 1.807) is 6.92 Å². The molecule has 0 aliphatic rings. The summed E-state index contributed by atoms with van der Waals surface area (Å²) in [6, 6.07) is 10.2. The Bertz CT molecular complexity index is 324. The molecule has 0 aliphatic heterocycles. The van der Waals surface area contributed by atoms with Crippen LogP contribution in [0, 0.1) is 0 Å². The van der Waals surface area contributed by atoms with Crippen molar-refractivity contribution in [2.75, 3.05) is 6.54 Å². The van der Waals surface area contributed by atoms with Gasteiger partial charge in [0.2, 0.25) is 5.91 Å². The highest BCUT2D eigenvalue weighted by molar-refractivity contribution is 6.30. The molecule has 0 saturated carbocycles. The number of carbonyl (C=O) groups is 1. The van der Waals surface area contributed by atoms with E-state index in [0.717, 1.165) is 6.42 Å². The predicted octanol–water partition coefficient (Wildman–Crippen LogP) is 2.92. The summed E-state index contributed by atoms with van der Waals surface area (Å²) in [7, 11) is 0. The number of hydrogen-bond donors (Lipinski definition) is 1. The van der Waals surface area contributed by atoms with Gasteiger partial charge in [0.1, 0.15) is 5.38 Å². The maximum Gasteiger partial charge on any atom is 0.237 e. The van der Waals surface area contributed by atoms with Crippen molar-refractivity contribution >= 4 is 17.5 Å². The summed E-state index contributed by atoms with van der Waals surface area (Å²) in [4.78, 5) is 11.4. The van der Waals surface area contributed by atoms with Crippen LogP contribution in [0.2, 0.25) is 0 Å². The van der Waals surface area contributed by atoms with Crippen LogP contribution in [0.3, 0.4) is 0 Å². The van der Waals surface area contributed by atoms with Gasteiger partial charge in [-0.25, -0.2) is 0 Å². The molecule has 1 aromatic rings. The topological polar surface area (TPSA) is 29.1 Å². The van der Waals surface area contributed by atoms with E-state index >= 15 is 0 Å². The lowest BCUT2D eigenvalue weighted by atomic mass is 9.96. The molecule has 1 aromatic carbocycles. The van der Waals surface area contributed by atoms with E-state index in [-0.39, 0.29) is 5.91 Å². The molecule has 1 rings (SSSR count). The zero-order valence-corrected chi connectivity index (χ0v) is 10.5. The first kappa shape index (κ1) is 13.0. The standard InChI is InChI=1S/C13H18ClNO/c1-3-11(9-15-13(16)10(2)14)12-7-5-4-6-8-12/h4-8,10-11H,3,9H2,1-2H3,(H,15,16). The molecular formula is C13H18ClNO. The molecule has 0 aliphatic carbocycles. The maximum atomic E-state index is 11.4. The Labute approximate surface area is 102 Å². The fourth-order valence-electron chi connectivity index (χ4n) is 1.59. The lowest BCUT2D eigenvalue weighted by Gasteiger charge is -2.16. The highest BCUT2D eigenvalue weighted by Gasteiger charge is 2.13. The second-order valence-corrected chi connectivity index (χ2v) is 4.53. The Morgan fingerprint density at radius 2 is 2.00 bits per heavy atom. The molecule has 2 unspecified atom stereocenters. The minimum Gasteiger partial charge on any atom is -0.354 e. The van der Waals surface area contributed by atoms with Crippen LogP contribution in [0.5, 0.6) is 0 Å². The number of benzene rings is 1. The van der Waals surface area contributed by atoms with Gasteiger partial charge in [-0.2, -0.15) is 0 Å². The van der Waals surface area contributed by atoms with Gasteiger partial charge in [-0.1, -0.05) is 37.3 Å². The lowest BCUT2D eigenvalue weighted by Crippen LogP contribution is -2.33. The molecule has 0 fully saturated rings. The van der Waals surface area contributed by atoms with E-state index in [0.29, 0.717) is 12.5 Å². The van der Waals surface area contributed by atoms with Gasteiger partial charge in [-0.05, 0) is 18.9 Å². The zero-order valence-electron chi connectivity index (χ0n) is 9.74. The summed E-state index contributed by atoms with van der Waals surface area (Å²) < 4.78 is 0. The van der Waals surface area contributed by atoms with Gasteiger partial charge >= 0.3 is 0 Å². The SMILES string of the molecule is CCC(CNC(=O)C(C)Cl)c1ccccc1. The number of carbonyl (C=O) groups excluding carboxylic acids is 1. The Hall–Kier alpha value is -1.02. The Balaban J connectivity index is 2.54. The quantitative estimate of drug-likeness (QED) is 0.787. The average molecular weight is 240 g/mol. The maximum absolute atomic E-state index is 11.4. The molecule has 0 heterocycles. The van der Waals surface area contributed by atoms with E-state index in [9.17, 15) is 4.79 Å². The van der Waals surface area contributed by atoms with E-state index in [2.05, 4.69) is 24.4 Å². The first-order chi connectivity index (χ1) is 7.65. The minimum absolute atomic E-state index is 0.101. The molecule has 16 heavy (non-hydrogen) atoms. The summed E-state index contributed by atoms with van der Waals surface area (Å²) in [6.07, 6.45) is 1.00. The van der Waals surface area contributed by atoms with Crippen LogP contribution in [-0.2, 0) is 4.79 Å². The van der Waals surface area contributed by atoms with Crippen LogP contribution >= 0.6 is 11.6 Å². The summed E-state index contributed by atoms with van der Waals surface area (Å²) >= 11 is 5.69. The normalized spacial score (nSPS) is 14.2. The number of hydrogen-bond acceptors (Lipinski definition) is 1. The molecule has 2 nitrogen and oxygen atoms in total. The van der Waals surface area contributed by atoms with Crippen LogP contribution in [0.15, 0.2) is 30.3 Å². The molecular weight excluding hydrogens is 222 g/mol. The van der Waals surface area contributed by atoms with Crippen LogP contribution in [0.25, 0.3) is 0 Å². The third kappa shape index (κ3) is 3.86. The van der Waals surface area contributed by atoms with Crippen LogP contribution in [0.1, 0.15) is 31.7 Å². The van der Waals surface area contributed by atoms with Gasteiger partial charge in [0.15, 0.2) is 0 Å². The lowest BCUT2D eigenvalue weighted by molar-refractivity contribution is -0.120.